The Morgan fingerprint density at radius 1 is 0.853 bits per heavy atom. The molecule has 0 bridgehead atoms. The zero-order chi connectivity index (χ0) is 25.6. The fourth-order valence-corrected chi connectivity index (χ4v) is 5.34. The van der Waals surface area contributed by atoms with Crippen molar-refractivity contribution in [3.8, 4) is 0 Å². The summed E-state index contributed by atoms with van der Waals surface area (Å²) in [6.45, 7) is 0.000867. The Hall–Kier alpha value is -0.530. The Morgan fingerprint density at radius 3 is 2.00 bits per heavy atom. The van der Waals surface area contributed by atoms with Crippen LogP contribution in [-0.4, -0.2) is 150 Å². The summed E-state index contributed by atoms with van der Waals surface area (Å²) in [5.74, 6) is -0.354. The standard InChI is InChI=1S/C19H36O14S/c1-3-4-34(27,28)8-9(29-2)7-30-18-16(26)14(24)17(11(6-21)32-18)33-19-15(25)13(23)12(22)10(5-20)31-19/h9-26H,3-8H2,1-2H3/t9?,10?,11?,12-,13-,14+,15?,16?,17+,18+,19-/m0/s1. The van der Waals surface area contributed by atoms with Gasteiger partial charge in [-0.1, -0.05) is 6.92 Å². The van der Waals surface area contributed by atoms with E-state index in [0.29, 0.717) is 6.42 Å². The minimum Gasteiger partial charge on any atom is -0.394 e. The molecule has 7 N–H and O–H groups in total. The molecule has 2 saturated heterocycles. The van der Waals surface area contributed by atoms with Gasteiger partial charge < -0.3 is 59.4 Å². The summed E-state index contributed by atoms with van der Waals surface area (Å²) in [5.41, 5.74) is 0. The summed E-state index contributed by atoms with van der Waals surface area (Å²) in [6.07, 6.45) is -16.2. The van der Waals surface area contributed by atoms with Gasteiger partial charge in [-0.25, -0.2) is 8.42 Å². The summed E-state index contributed by atoms with van der Waals surface area (Å²) in [5, 5.41) is 69.9. The molecule has 0 aliphatic carbocycles. The number of methoxy groups -OCH3 is 1. The lowest BCUT2D eigenvalue weighted by molar-refractivity contribution is -0.360. The second-order valence-corrected chi connectivity index (χ2v) is 10.5. The fraction of sp³-hybridized carbons (Fsp3) is 1.00. The van der Waals surface area contributed by atoms with Gasteiger partial charge in [0.25, 0.3) is 0 Å². The maximum Gasteiger partial charge on any atom is 0.187 e. The summed E-state index contributed by atoms with van der Waals surface area (Å²) < 4.78 is 50.8. The van der Waals surface area contributed by atoms with E-state index in [1.165, 1.54) is 7.11 Å². The zero-order valence-corrected chi connectivity index (χ0v) is 19.8. The highest BCUT2D eigenvalue weighted by Crippen LogP contribution is 2.29. The first-order valence-corrected chi connectivity index (χ1v) is 12.7. The average Bonchev–Trinajstić information content (AvgIpc) is 2.80. The highest BCUT2D eigenvalue weighted by molar-refractivity contribution is 7.91. The number of rotatable bonds is 12. The van der Waals surface area contributed by atoms with Crippen LogP contribution < -0.4 is 0 Å². The topological polar surface area (TPSA) is 222 Å². The number of ether oxygens (including phenoxy) is 5. The van der Waals surface area contributed by atoms with E-state index in [1.54, 1.807) is 6.92 Å². The molecule has 0 saturated carbocycles. The van der Waals surface area contributed by atoms with Crippen LogP contribution in [0.4, 0.5) is 0 Å². The SMILES string of the molecule is CCCS(=O)(=O)CC(CO[C@@H]1OC(CO)[C@@H](O[C@@H]2OC(CO)[C@H](O)[C@H](O)C2O)[C@H](O)C1O)OC. The third-order valence-electron chi connectivity index (χ3n) is 5.70. The first kappa shape index (κ1) is 29.7. The van der Waals surface area contributed by atoms with Crippen molar-refractivity contribution in [3.05, 3.63) is 0 Å². The highest BCUT2D eigenvalue weighted by atomic mass is 32.2. The number of hydrogen-bond donors (Lipinski definition) is 7. The Kier molecular flexibility index (Phi) is 11.5. The van der Waals surface area contributed by atoms with E-state index >= 15 is 0 Å². The van der Waals surface area contributed by atoms with Crippen molar-refractivity contribution in [1.82, 2.24) is 0 Å². The largest absolute Gasteiger partial charge is 0.394 e. The van der Waals surface area contributed by atoms with Crippen molar-refractivity contribution < 1.29 is 67.8 Å². The van der Waals surface area contributed by atoms with Gasteiger partial charge in [-0.15, -0.1) is 0 Å². The van der Waals surface area contributed by atoms with Gasteiger partial charge in [-0.2, -0.15) is 0 Å². The predicted molar refractivity (Wildman–Crippen MR) is 112 cm³/mol. The molecule has 0 amide bonds. The van der Waals surface area contributed by atoms with E-state index in [9.17, 15) is 44.2 Å². The molecule has 11 atom stereocenters. The van der Waals surface area contributed by atoms with Crippen LogP contribution in [0.3, 0.4) is 0 Å². The van der Waals surface area contributed by atoms with Crippen LogP contribution in [-0.2, 0) is 33.5 Å². The first-order chi connectivity index (χ1) is 16.0. The number of sulfone groups is 1. The van der Waals surface area contributed by atoms with Gasteiger partial charge in [0.15, 0.2) is 22.4 Å². The van der Waals surface area contributed by atoms with Crippen LogP contribution in [0.5, 0.6) is 0 Å². The molecule has 2 aliphatic heterocycles. The van der Waals surface area contributed by atoms with Crippen LogP contribution in [0.15, 0.2) is 0 Å². The average molecular weight is 521 g/mol. The van der Waals surface area contributed by atoms with Crippen molar-refractivity contribution in [2.24, 2.45) is 0 Å². The summed E-state index contributed by atoms with van der Waals surface area (Å²) >= 11 is 0. The Balaban J connectivity index is 2.03. The minimum atomic E-state index is -3.39. The molecule has 0 spiro atoms. The van der Waals surface area contributed by atoms with Crippen molar-refractivity contribution in [3.63, 3.8) is 0 Å². The molecule has 14 nitrogen and oxygen atoms in total. The van der Waals surface area contributed by atoms with E-state index in [4.69, 9.17) is 23.7 Å². The molecule has 15 heteroatoms. The molecule has 2 fully saturated rings. The molecule has 2 rings (SSSR count). The monoisotopic (exact) mass is 520 g/mol. The molecule has 0 aromatic heterocycles. The van der Waals surface area contributed by atoms with Crippen molar-refractivity contribution in [2.45, 2.75) is 80.9 Å². The predicted octanol–water partition coefficient (Wildman–Crippen LogP) is -4.53. The summed E-state index contributed by atoms with van der Waals surface area (Å²) in [7, 11) is -2.10. The van der Waals surface area contributed by atoms with E-state index in [0.717, 1.165) is 0 Å². The molecule has 34 heavy (non-hydrogen) atoms. The normalized spacial score (nSPS) is 40.3. The van der Waals surface area contributed by atoms with Gasteiger partial charge in [-0.3, -0.25) is 0 Å². The van der Waals surface area contributed by atoms with Gasteiger partial charge in [-0.05, 0) is 6.42 Å². The van der Waals surface area contributed by atoms with Gasteiger partial charge in [0.05, 0.1) is 37.4 Å². The molecule has 2 heterocycles. The molecule has 0 aromatic rings. The van der Waals surface area contributed by atoms with Crippen LogP contribution in [0, 0.1) is 0 Å². The lowest BCUT2D eigenvalue weighted by atomic mass is 9.97. The van der Waals surface area contributed by atoms with Crippen LogP contribution in [0.25, 0.3) is 0 Å². The zero-order valence-electron chi connectivity index (χ0n) is 19.0. The molecule has 2 aliphatic rings. The van der Waals surface area contributed by atoms with E-state index in [2.05, 4.69) is 0 Å². The quantitative estimate of drug-likeness (QED) is 0.129. The summed E-state index contributed by atoms with van der Waals surface area (Å²) in [6, 6.07) is 0. The van der Waals surface area contributed by atoms with Crippen molar-refractivity contribution in [2.75, 3.05) is 38.4 Å². The maximum atomic E-state index is 12.0. The van der Waals surface area contributed by atoms with Gasteiger partial charge in [0, 0.05) is 7.11 Å². The fourth-order valence-electron chi connectivity index (χ4n) is 3.76. The lowest BCUT2D eigenvalue weighted by Crippen LogP contribution is -2.64. The van der Waals surface area contributed by atoms with E-state index in [1.807, 2.05) is 0 Å². The molecular formula is C19H36O14S. The van der Waals surface area contributed by atoms with Crippen LogP contribution in [0.2, 0.25) is 0 Å². The van der Waals surface area contributed by atoms with Gasteiger partial charge >= 0.3 is 0 Å². The Morgan fingerprint density at radius 2 is 1.44 bits per heavy atom. The second kappa shape index (κ2) is 13.1. The molecular weight excluding hydrogens is 484 g/mol. The summed E-state index contributed by atoms with van der Waals surface area (Å²) in [4.78, 5) is 0. The smallest absolute Gasteiger partial charge is 0.187 e. The van der Waals surface area contributed by atoms with Crippen molar-refractivity contribution >= 4 is 9.84 Å². The highest BCUT2D eigenvalue weighted by Gasteiger charge is 2.50. The number of aliphatic hydroxyl groups excluding tert-OH is 7. The minimum absolute atomic E-state index is 0.0301. The number of aliphatic hydroxyl groups is 7. The first-order valence-electron chi connectivity index (χ1n) is 10.9. The second-order valence-electron chi connectivity index (χ2n) is 8.31. The Labute approximate surface area is 197 Å². The third kappa shape index (κ3) is 7.25. The number of hydrogen-bond acceptors (Lipinski definition) is 14. The maximum absolute atomic E-state index is 12.0. The molecule has 202 valence electrons. The van der Waals surface area contributed by atoms with Crippen LogP contribution >= 0.6 is 0 Å². The lowest BCUT2D eigenvalue weighted by Gasteiger charge is -2.46. The molecule has 0 aromatic carbocycles. The Bertz CT molecular complexity index is 703. The van der Waals surface area contributed by atoms with E-state index < -0.39 is 90.6 Å². The van der Waals surface area contributed by atoms with E-state index in [-0.39, 0.29) is 18.1 Å². The van der Waals surface area contributed by atoms with Crippen LogP contribution in [0.1, 0.15) is 13.3 Å². The molecule has 0 radical (unpaired) electrons. The molecule has 5 unspecified atom stereocenters. The third-order valence-corrected chi connectivity index (χ3v) is 7.60. The van der Waals surface area contributed by atoms with Gasteiger partial charge in [0.1, 0.15) is 48.8 Å². The van der Waals surface area contributed by atoms with Crippen molar-refractivity contribution in [1.29, 1.82) is 0 Å². The van der Waals surface area contributed by atoms with Gasteiger partial charge in [0.2, 0.25) is 0 Å².